The molecule has 2 aromatic rings. The van der Waals surface area contributed by atoms with Crippen molar-refractivity contribution in [3.63, 3.8) is 0 Å². The Morgan fingerprint density at radius 3 is 2.46 bits per heavy atom. The summed E-state index contributed by atoms with van der Waals surface area (Å²) in [6.07, 6.45) is 0.904. The van der Waals surface area contributed by atoms with Crippen molar-refractivity contribution in [2.45, 2.75) is 26.7 Å². The zero-order chi connectivity index (χ0) is 17.5. The third-order valence-electron chi connectivity index (χ3n) is 3.75. The summed E-state index contributed by atoms with van der Waals surface area (Å²) in [6, 6.07) is 10.5. The number of aromatic hydroxyl groups is 2. The van der Waals surface area contributed by atoms with Gasteiger partial charge in [-0.2, -0.15) is 0 Å². The molecule has 0 atom stereocenters. The van der Waals surface area contributed by atoms with Crippen molar-refractivity contribution in [3.8, 4) is 17.2 Å². The van der Waals surface area contributed by atoms with Gasteiger partial charge in [-0.05, 0) is 61.2 Å². The lowest BCUT2D eigenvalue weighted by atomic mass is 10.0. The quantitative estimate of drug-likeness (QED) is 0.683. The van der Waals surface area contributed by atoms with Gasteiger partial charge in [-0.3, -0.25) is 4.79 Å². The number of aryl methyl sites for hydroxylation is 1. The first-order valence-electron chi connectivity index (χ1n) is 7.99. The first kappa shape index (κ1) is 17.7. The van der Waals surface area contributed by atoms with Crippen molar-refractivity contribution in [1.82, 2.24) is 5.32 Å². The molecule has 128 valence electrons. The summed E-state index contributed by atoms with van der Waals surface area (Å²) in [5.41, 5.74) is 2.70. The molecule has 0 bridgehead atoms. The smallest absolute Gasteiger partial charge is 0.224 e. The van der Waals surface area contributed by atoms with E-state index in [1.54, 1.807) is 0 Å². The number of phenolic OH excluding ortho intramolecular Hbond substituents is 2. The first-order valence-corrected chi connectivity index (χ1v) is 7.99. The number of carbonyl (C=O) groups is 1. The minimum absolute atomic E-state index is 0.0557. The molecule has 5 nitrogen and oxygen atoms in total. The number of hydrogen-bond donors (Lipinski definition) is 3. The standard InChI is InChI=1S/C19H23NO4/c1-3-24-16-6-4-14(5-7-16)11-19(23)20-9-8-15-12-18(22)17(21)10-13(15)2/h4-7,10,12,21-22H,3,8-9,11H2,1-2H3,(H,20,23). The number of rotatable bonds is 7. The Bertz CT molecular complexity index is 695. The van der Waals surface area contributed by atoms with Crippen molar-refractivity contribution in [1.29, 1.82) is 0 Å². The first-order chi connectivity index (χ1) is 11.5. The SMILES string of the molecule is CCOc1ccc(CC(=O)NCCc2cc(O)c(O)cc2C)cc1. The van der Waals surface area contributed by atoms with Crippen LogP contribution in [0.2, 0.25) is 0 Å². The Kier molecular flexibility index (Phi) is 6.07. The minimum Gasteiger partial charge on any atom is -0.504 e. The fourth-order valence-corrected chi connectivity index (χ4v) is 2.45. The van der Waals surface area contributed by atoms with Crippen LogP contribution in [0.3, 0.4) is 0 Å². The maximum absolute atomic E-state index is 12.0. The van der Waals surface area contributed by atoms with Gasteiger partial charge in [0.1, 0.15) is 5.75 Å². The zero-order valence-corrected chi connectivity index (χ0v) is 14.0. The van der Waals surface area contributed by atoms with Gasteiger partial charge in [0, 0.05) is 6.54 Å². The fraction of sp³-hybridized carbons (Fsp3) is 0.316. The van der Waals surface area contributed by atoms with Crippen LogP contribution in [-0.4, -0.2) is 29.3 Å². The van der Waals surface area contributed by atoms with E-state index in [0.717, 1.165) is 22.4 Å². The minimum atomic E-state index is -0.142. The summed E-state index contributed by atoms with van der Waals surface area (Å²) in [4.78, 5) is 12.0. The van der Waals surface area contributed by atoms with Crippen LogP contribution in [0.1, 0.15) is 23.6 Å². The van der Waals surface area contributed by atoms with Gasteiger partial charge in [-0.25, -0.2) is 0 Å². The highest BCUT2D eigenvalue weighted by atomic mass is 16.5. The van der Waals surface area contributed by atoms with Crippen LogP contribution in [0, 0.1) is 6.92 Å². The number of nitrogens with one attached hydrogen (secondary N) is 1. The highest BCUT2D eigenvalue weighted by Gasteiger charge is 2.07. The summed E-state index contributed by atoms with van der Waals surface area (Å²) < 4.78 is 5.37. The molecule has 0 unspecified atom stereocenters. The molecular formula is C19H23NO4. The van der Waals surface area contributed by atoms with Gasteiger partial charge < -0.3 is 20.3 Å². The summed E-state index contributed by atoms with van der Waals surface area (Å²) >= 11 is 0. The average molecular weight is 329 g/mol. The van der Waals surface area contributed by atoms with E-state index in [2.05, 4.69) is 5.32 Å². The van der Waals surface area contributed by atoms with E-state index in [4.69, 9.17) is 4.74 Å². The van der Waals surface area contributed by atoms with E-state index >= 15 is 0 Å². The molecule has 0 aliphatic carbocycles. The molecule has 0 aliphatic heterocycles. The fourth-order valence-electron chi connectivity index (χ4n) is 2.45. The molecular weight excluding hydrogens is 306 g/mol. The number of hydrogen-bond acceptors (Lipinski definition) is 4. The molecule has 0 heterocycles. The summed E-state index contributed by atoms with van der Waals surface area (Å²) in [5.74, 6) is 0.469. The second kappa shape index (κ2) is 8.24. The van der Waals surface area contributed by atoms with Crippen molar-refractivity contribution >= 4 is 5.91 Å². The molecule has 0 aromatic heterocycles. The second-order valence-corrected chi connectivity index (χ2v) is 5.62. The number of phenols is 2. The van der Waals surface area contributed by atoms with Crippen LogP contribution in [0.15, 0.2) is 36.4 Å². The third kappa shape index (κ3) is 4.91. The predicted octanol–water partition coefficient (Wildman–Crippen LogP) is 2.71. The van der Waals surface area contributed by atoms with Gasteiger partial charge in [-0.1, -0.05) is 12.1 Å². The van der Waals surface area contributed by atoms with Crippen LogP contribution >= 0.6 is 0 Å². The van der Waals surface area contributed by atoms with Gasteiger partial charge in [-0.15, -0.1) is 0 Å². The highest BCUT2D eigenvalue weighted by Crippen LogP contribution is 2.28. The van der Waals surface area contributed by atoms with Gasteiger partial charge >= 0.3 is 0 Å². The summed E-state index contributed by atoms with van der Waals surface area (Å²) in [6.45, 7) is 4.88. The molecule has 3 N–H and O–H groups in total. The molecule has 0 radical (unpaired) electrons. The number of carbonyl (C=O) groups excluding carboxylic acids is 1. The van der Waals surface area contributed by atoms with E-state index in [-0.39, 0.29) is 17.4 Å². The Morgan fingerprint density at radius 2 is 1.79 bits per heavy atom. The molecule has 0 saturated heterocycles. The molecule has 0 fully saturated rings. The van der Waals surface area contributed by atoms with Crippen LogP contribution in [0.5, 0.6) is 17.2 Å². The largest absolute Gasteiger partial charge is 0.504 e. The molecule has 2 rings (SSSR count). The molecule has 0 aliphatic rings. The van der Waals surface area contributed by atoms with Gasteiger partial charge in [0.25, 0.3) is 0 Å². The van der Waals surface area contributed by atoms with E-state index in [0.29, 0.717) is 26.0 Å². The Balaban J connectivity index is 1.82. The topological polar surface area (TPSA) is 78.8 Å². The van der Waals surface area contributed by atoms with E-state index in [9.17, 15) is 15.0 Å². The molecule has 24 heavy (non-hydrogen) atoms. The predicted molar refractivity (Wildman–Crippen MR) is 92.5 cm³/mol. The number of amides is 1. The lowest BCUT2D eigenvalue weighted by Crippen LogP contribution is -2.27. The normalized spacial score (nSPS) is 10.4. The van der Waals surface area contributed by atoms with Crippen LogP contribution in [-0.2, 0) is 17.6 Å². The van der Waals surface area contributed by atoms with E-state index in [1.165, 1.54) is 12.1 Å². The van der Waals surface area contributed by atoms with Gasteiger partial charge in [0.05, 0.1) is 13.0 Å². The van der Waals surface area contributed by atoms with Crippen molar-refractivity contribution in [3.05, 3.63) is 53.1 Å². The third-order valence-corrected chi connectivity index (χ3v) is 3.75. The monoisotopic (exact) mass is 329 g/mol. The van der Waals surface area contributed by atoms with Crippen molar-refractivity contribution < 1.29 is 19.7 Å². The summed E-state index contributed by atoms with van der Waals surface area (Å²) in [5, 5.41) is 21.8. The number of ether oxygens (including phenoxy) is 1. The van der Waals surface area contributed by atoms with Gasteiger partial charge in [0.15, 0.2) is 11.5 Å². The van der Waals surface area contributed by atoms with Crippen molar-refractivity contribution in [2.24, 2.45) is 0 Å². The Labute approximate surface area is 141 Å². The molecule has 0 saturated carbocycles. The van der Waals surface area contributed by atoms with Crippen LogP contribution in [0.4, 0.5) is 0 Å². The van der Waals surface area contributed by atoms with Crippen molar-refractivity contribution in [2.75, 3.05) is 13.2 Å². The lowest BCUT2D eigenvalue weighted by Gasteiger charge is -2.10. The number of benzene rings is 2. The molecule has 5 heteroatoms. The Morgan fingerprint density at radius 1 is 1.12 bits per heavy atom. The zero-order valence-electron chi connectivity index (χ0n) is 14.0. The highest BCUT2D eigenvalue weighted by molar-refractivity contribution is 5.78. The Hall–Kier alpha value is -2.69. The molecule has 0 spiro atoms. The van der Waals surface area contributed by atoms with Crippen LogP contribution in [0.25, 0.3) is 0 Å². The summed E-state index contributed by atoms with van der Waals surface area (Å²) in [7, 11) is 0. The lowest BCUT2D eigenvalue weighted by molar-refractivity contribution is -0.120. The van der Waals surface area contributed by atoms with Gasteiger partial charge in [0.2, 0.25) is 5.91 Å². The average Bonchev–Trinajstić information content (AvgIpc) is 2.54. The van der Waals surface area contributed by atoms with Crippen LogP contribution < -0.4 is 10.1 Å². The molecule has 1 amide bonds. The maximum atomic E-state index is 12.0. The van der Waals surface area contributed by atoms with E-state index in [1.807, 2.05) is 38.1 Å². The maximum Gasteiger partial charge on any atom is 0.224 e. The second-order valence-electron chi connectivity index (χ2n) is 5.62. The van der Waals surface area contributed by atoms with E-state index < -0.39 is 0 Å². The molecule has 2 aromatic carbocycles.